The Balaban J connectivity index is 1.85. The lowest BCUT2D eigenvalue weighted by atomic mass is 10.0. The van der Waals surface area contributed by atoms with Gasteiger partial charge in [-0.15, -0.1) is 0 Å². The van der Waals surface area contributed by atoms with Crippen LogP contribution in [0.25, 0.3) is 5.57 Å². The molecule has 1 heterocycles. The first-order valence-electron chi connectivity index (χ1n) is 9.68. The number of ether oxygens (including phenoxy) is 2. The molecular weight excluding hydrogens is 410 g/mol. The first-order chi connectivity index (χ1) is 15.0. The van der Waals surface area contributed by atoms with Crippen molar-refractivity contribution in [1.29, 1.82) is 0 Å². The number of amides is 2. The molecule has 0 N–H and O–H groups in total. The zero-order chi connectivity index (χ0) is 22.0. The SMILES string of the molecule is COc1ccc(OC)c(N2C(=O)C(Sc3ccccc3)=C(c3ccc(C)cc3)C2=O)c1. The van der Waals surface area contributed by atoms with Gasteiger partial charge in [-0.05, 0) is 36.8 Å². The van der Waals surface area contributed by atoms with Crippen molar-refractivity contribution in [3.63, 3.8) is 0 Å². The molecule has 3 aromatic carbocycles. The number of methoxy groups -OCH3 is 2. The Morgan fingerprint density at radius 2 is 1.52 bits per heavy atom. The third-order valence-corrected chi connectivity index (χ3v) is 6.06. The van der Waals surface area contributed by atoms with Crippen LogP contribution < -0.4 is 14.4 Å². The fourth-order valence-electron chi connectivity index (χ4n) is 3.38. The molecule has 0 bridgehead atoms. The van der Waals surface area contributed by atoms with E-state index >= 15 is 0 Å². The van der Waals surface area contributed by atoms with Gasteiger partial charge >= 0.3 is 0 Å². The molecule has 156 valence electrons. The van der Waals surface area contributed by atoms with Crippen LogP contribution >= 0.6 is 11.8 Å². The fourth-order valence-corrected chi connectivity index (χ4v) is 4.39. The summed E-state index contributed by atoms with van der Waals surface area (Å²) < 4.78 is 10.7. The second-order valence-electron chi connectivity index (χ2n) is 6.97. The van der Waals surface area contributed by atoms with Crippen molar-refractivity contribution >= 4 is 34.8 Å². The van der Waals surface area contributed by atoms with Crippen molar-refractivity contribution in [2.75, 3.05) is 19.1 Å². The van der Waals surface area contributed by atoms with Gasteiger partial charge in [-0.2, -0.15) is 0 Å². The van der Waals surface area contributed by atoms with Crippen LogP contribution in [0.2, 0.25) is 0 Å². The standard InChI is InChI=1S/C25H21NO4S/c1-16-9-11-17(12-10-16)22-23(31-19-7-5-4-6-8-19)25(28)26(24(22)27)20-15-18(29-2)13-14-21(20)30-3/h4-15H,1-3H3. The summed E-state index contributed by atoms with van der Waals surface area (Å²) in [6, 6.07) is 22.2. The largest absolute Gasteiger partial charge is 0.497 e. The van der Waals surface area contributed by atoms with Crippen LogP contribution in [0.3, 0.4) is 0 Å². The number of rotatable bonds is 6. The summed E-state index contributed by atoms with van der Waals surface area (Å²) in [6.45, 7) is 1.98. The number of benzene rings is 3. The van der Waals surface area contributed by atoms with Crippen LogP contribution in [0, 0.1) is 6.92 Å². The van der Waals surface area contributed by atoms with Gasteiger partial charge in [0, 0.05) is 11.0 Å². The van der Waals surface area contributed by atoms with Crippen LogP contribution in [0.4, 0.5) is 5.69 Å². The molecule has 1 aliphatic heterocycles. The Kier molecular flexibility index (Phi) is 5.82. The van der Waals surface area contributed by atoms with E-state index in [0.29, 0.717) is 33.2 Å². The van der Waals surface area contributed by atoms with Gasteiger partial charge in [-0.3, -0.25) is 9.59 Å². The zero-order valence-electron chi connectivity index (χ0n) is 17.4. The highest BCUT2D eigenvalue weighted by molar-refractivity contribution is 8.04. The molecule has 0 aromatic heterocycles. The lowest BCUT2D eigenvalue weighted by molar-refractivity contribution is -0.119. The van der Waals surface area contributed by atoms with Crippen LogP contribution in [-0.4, -0.2) is 26.0 Å². The molecule has 0 aliphatic carbocycles. The number of hydrogen-bond donors (Lipinski definition) is 0. The second-order valence-corrected chi connectivity index (χ2v) is 8.05. The average molecular weight is 432 g/mol. The molecule has 4 rings (SSSR count). The summed E-state index contributed by atoms with van der Waals surface area (Å²) in [5.41, 5.74) is 2.50. The van der Waals surface area contributed by atoms with Crippen LogP contribution in [0.5, 0.6) is 11.5 Å². The van der Waals surface area contributed by atoms with Gasteiger partial charge in [0.15, 0.2) is 0 Å². The predicted octanol–water partition coefficient (Wildman–Crippen LogP) is 5.09. The predicted molar refractivity (Wildman–Crippen MR) is 122 cm³/mol. The van der Waals surface area contributed by atoms with Crippen molar-refractivity contribution in [2.45, 2.75) is 11.8 Å². The second kappa shape index (κ2) is 8.70. The Hall–Kier alpha value is -3.51. The Labute approximate surface area is 185 Å². The fraction of sp³-hybridized carbons (Fsp3) is 0.120. The van der Waals surface area contributed by atoms with Crippen molar-refractivity contribution < 1.29 is 19.1 Å². The first-order valence-corrected chi connectivity index (χ1v) is 10.5. The summed E-state index contributed by atoms with van der Waals surface area (Å²) in [5.74, 6) is 0.161. The number of anilines is 1. The smallest absolute Gasteiger partial charge is 0.273 e. The summed E-state index contributed by atoms with van der Waals surface area (Å²) in [6.07, 6.45) is 0. The highest BCUT2D eigenvalue weighted by Gasteiger charge is 2.41. The van der Waals surface area contributed by atoms with Crippen molar-refractivity contribution in [1.82, 2.24) is 0 Å². The van der Waals surface area contributed by atoms with E-state index < -0.39 is 0 Å². The van der Waals surface area contributed by atoms with E-state index in [1.807, 2.05) is 61.5 Å². The number of carbonyl (C=O) groups excluding carboxylic acids is 2. The quantitative estimate of drug-likeness (QED) is 0.509. The lowest BCUT2D eigenvalue weighted by Crippen LogP contribution is -2.31. The maximum absolute atomic E-state index is 13.6. The number of carbonyl (C=O) groups is 2. The van der Waals surface area contributed by atoms with Gasteiger partial charge in [0.1, 0.15) is 11.5 Å². The normalized spacial score (nSPS) is 13.7. The van der Waals surface area contributed by atoms with E-state index in [-0.39, 0.29) is 11.8 Å². The molecular formula is C25H21NO4S. The van der Waals surface area contributed by atoms with E-state index in [0.717, 1.165) is 10.5 Å². The summed E-state index contributed by atoms with van der Waals surface area (Å²) in [7, 11) is 3.04. The molecule has 0 radical (unpaired) electrons. The van der Waals surface area contributed by atoms with Gasteiger partial charge < -0.3 is 9.47 Å². The molecule has 0 fully saturated rings. The maximum atomic E-state index is 13.6. The number of thioether (sulfide) groups is 1. The summed E-state index contributed by atoms with van der Waals surface area (Å²) in [4.78, 5) is 29.6. The summed E-state index contributed by atoms with van der Waals surface area (Å²) in [5, 5.41) is 0. The zero-order valence-corrected chi connectivity index (χ0v) is 18.2. The van der Waals surface area contributed by atoms with Gasteiger partial charge in [0.2, 0.25) is 0 Å². The molecule has 3 aromatic rings. The molecule has 1 aliphatic rings. The van der Waals surface area contributed by atoms with Gasteiger partial charge in [-0.25, -0.2) is 4.90 Å². The number of imide groups is 1. The number of aryl methyl sites for hydroxylation is 1. The van der Waals surface area contributed by atoms with Gasteiger partial charge in [-0.1, -0.05) is 59.8 Å². The molecule has 0 saturated carbocycles. The van der Waals surface area contributed by atoms with Crippen molar-refractivity contribution in [3.05, 3.63) is 88.8 Å². The van der Waals surface area contributed by atoms with E-state index in [4.69, 9.17) is 9.47 Å². The molecule has 0 atom stereocenters. The average Bonchev–Trinajstić information content (AvgIpc) is 3.04. The van der Waals surface area contributed by atoms with Crippen LogP contribution in [-0.2, 0) is 9.59 Å². The summed E-state index contributed by atoms with van der Waals surface area (Å²) >= 11 is 1.29. The van der Waals surface area contributed by atoms with E-state index in [1.54, 1.807) is 18.2 Å². The molecule has 6 heteroatoms. The Morgan fingerprint density at radius 1 is 0.806 bits per heavy atom. The third kappa shape index (κ3) is 3.94. The van der Waals surface area contributed by atoms with Crippen LogP contribution in [0.15, 0.2) is 82.6 Å². The van der Waals surface area contributed by atoms with E-state index in [9.17, 15) is 9.59 Å². The first kappa shape index (κ1) is 20.8. The molecule has 0 unspecified atom stereocenters. The van der Waals surface area contributed by atoms with Crippen molar-refractivity contribution in [2.24, 2.45) is 0 Å². The molecule has 2 amide bonds. The van der Waals surface area contributed by atoms with E-state index in [2.05, 4.69) is 0 Å². The minimum Gasteiger partial charge on any atom is -0.497 e. The van der Waals surface area contributed by atoms with Crippen molar-refractivity contribution in [3.8, 4) is 11.5 Å². The van der Waals surface area contributed by atoms with Gasteiger partial charge in [0.25, 0.3) is 11.8 Å². The minimum absolute atomic E-state index is 0.352. The lowest BCUT2D eigenvalue weighted by Gasteiger charge is -2.19. The molecule has 31 heavy (non-hydrogen) atoms. The highest BCUT2D eigenvalue weighted by Crippen LogP contribution is 2.44. The molecule has 0 saturated heterocycles. The third-order valence-electron chi connectivity index (χ3n) is 4.97. The van der Waals surface area contributed by atoms with Gasteiger partial charge in [0.05, 0.1) is 30.4 Å². The van der Waals surface area contributed by atoms with Crippen LogP contribution in [0.1, 0.15) is 11.1 Å². The molecule has 0 spiro atoms. The topological polar surface area (TPSA) is 55.8 Å². The number of hydrogen-bond acceptors (Lipinski definition) is 5. The Bertz CT molecular complexity index is 1170. The number of nitrogens with zero attached hydrogens (tertiary/aromatic N) is 1. The minimum atomic E-state index is -0.390. The monoisotopic (exact) mass is 431 g/mol. The van der Waals surface area contributed by atoms with E-state index in [1.165, 1.54) is 30.9 Å². The Morgan fingerprint density at radius 3 is 2.16 bits per heavy atom. The molecule has 5 nitrogen and oxygen atoms in total. The highest BCUT2D eigenvalue weighted by atomic mass is 32.2. The maximum Gasteiger partial charge on any atom is 0.273 e.